The Morgan fingerprint density at radius 2 is 2.12 bits per heavy atom. The van der Waals surface area contributed by atoms with Crippen molar-refractivity contribution in [3.05, 3.63) is 42.2 Å². The molecule has 3 rings (SSSR count). The molecule has 7 nitrogen and oxygen atoms in total. The number of aromatic nitrogens is 2. The summed E-state index contributed by atoms with van der Waals surface area (Å²) in [4.78, 5) is 14.5. The van der Waals surface area contributed by atoms with Crippen LogP contribution in [0.1, 0.15) is 16.8 Å². The third-order valence-electron chi connectivity index (χ3n) is 4.24. The Bertz CT molecular complexity index is 854. The number of likely N-dealkylation sites (N-methyl/N-ethyl adjacent to an activating group) is 1. The van der Waals surface area contributed by atoms with Crippen LogP contribution in [0.2, 0.25) is 0 Å². The Balaban J connectivity index is 1.90. The first-order valence-corrected chi connectivity index (χ1v) is 9.59. The van der Waals surface area contributed by atoms with E-state index in [1.165, 1.54) is 16.9 Å². The van der Waals surface area contributed by atoms with Crippen LogP contribution in [0.25, 0.3) is 5.69 Å². The van der Waals surface area contributed by atoms with Gasteiger partial charge >= 0.3 is 0 Å². The van der Waals surface area contributed by atoms with Crippen LogP contribution in [-0.2, 0) is 9.84 Å². The summed E-state index contributed by atoms with van der Waals surface area (Å²) < 4.78 is 25.3. The Kier molecular flexibility index (Phi) is 4.42. The molecule has 0 bridgehead atoms. The number of rotatable bonds is 4. The van der Waals surface area contributed by atoms with Gasteiger partial charge < -0.3 is 10.2 Å². The van der Waals surface area contributed by atoms with Crippen molar-refractivity contribution in [3.8, 4) is 5.69 Å². The summed E-state index contributed by atoms with van der Waals surface area (Å²) in [6.45, 7) is 1.69. The van der Waals surface area contributed by atoms with E-state index in [0.717, 1.165) is 25.8 Å². The van der Waals surface area contributed by atoms with Crippen LogP contribution in [0.15, 0.2) is 41.6 Å². The number of carbonyl (C=O) groups is 1. The standard InChI is InChI=1S/C16H20N4O3S/c1-19(13-7-8-17-10-13)16(21)12-9-18-20(11-12)14-5-3-4-6-15(14)24(2,22)23/h3-6,9,11,13,17H,7-8,10H2,1-2H3/t13-/m0/s1. The Labute approximate surface area is 141 Å². The zero-order valence-electron chi connectivity index (χ0n) is 13.6. The lowest BCUT2D eigenvalue weighted by molar-refractivity contribution is 0.0744. The maximum absolute atomic E-state index is 12.6. The summed E-state index contributed by atoms with van der Waals surface area (Å²) in [5.74, 6) is -0.119. The van der Waals surface area contributed by atoms with Gasteiger partial charge in [0, 0.05) is 32.1 Å². The number of benzene rings is 1. The molecule has 0 aliphatic carbocycles. The summed E-state index contributed by atoms with van der Waals surface area (Å²) in [5.41, 5.74) is 0.872. The molecular formula is C16H20N4O3S. The molecule has 0 saturated carbocycles. The minimum atomic E-state index is -3.39. The molecule has 1 N–H and O–H groups in total. The number of carbonyl (C=O) groups excluding carboxylic acids is 1. The van der Waals surface area contributed by atoms with Crippen LogP contribution in [0.5, 0.6) is 0 Å². The van der Waals surface area contributed by atoms with Crippen LogP contribution in [0.3, 0.4) is 0 Å². The van der Waals surface area contributed by atoms with Crippen molar-refractivity contribution in [1.82, 2.24) is 20.0 Å². The van der Waals surface area contributed by atoms with Gasteiger partial charge in [0.25, 0.3) is 5.91 Å². The van der Waals surface area contributed by atoms with E-state index >= 15 is 0 Å². The average molecular weight is 348 g/mol. The molecular weight excluding hydrogens is 328 g/mol. The minimum Gasteiger partial charge on any atom is -0.337 e. The minimum absolute atomic E-state index is 0.119. The summed E-state index contributed by atoms with van der Waals surface area (Å²) in [6.07, 6.45) is 5.13. The summed E-state index contributed by atoms with van der Waals surface area (Å²) >= 11 is 0. The number of nitrogens with one attached hydrogen (secondary N) is 1. The van der Waals surface area contributed by atoms with Gasteiger partial charge in [0.1, 0.15) is 0 Å². The lowest BCUT2D eigenvalue weighted by atomic mass is 10.2. The van der Waals surface area contributed by atoms with Gasteiger partial charge in [-0.05, 0) is 25.1 Å². The molecule has 1 amide bonds. The molecule has 24 heavy (non-hydrogen) atoms. The number of amides is 1. The number of sulfone groups is 1. The highest BCUT2D eigenvalue weighted by molar-refractivity contribution is 7.90. The highest BCUT2D eigenvalue weighted by Crippen LogP contribution is 2.20. The number of nitrogens with zero attached hydrogens (tertiary/aromatic N) is 3. The number of para-hydroxylation sites is 1. The first kappa shape index (κ1) is 16.7. The smallest absolute Gasteiger partial charge is 0.257 e. The predicted octanol–water partition coefficient (Wildman–Crippen LogP) is 0.710. The molecule has 1 aromatic carbocycles. The van der Waals surface area contributed by atoms with Gasteiger partial charge in [-0.2, -0.15) is 5.10 Å². The van der Waals surface area contributed by atoms with Crippen LogP contribution < -0.4 is 5.32 Å². The van der Waals surface area contributed by atoms with Gasteiger partial charge in [0.05, 0.1) is 22.3 Å². The molecule has 128 valence electrons. The van der Waals surface area contributed by atoms with E-state index in [0.29, 0.717) is 11.3 Å². The van der Waals surface area contributed by atoms with E-state index in [4.69, 9.17) is 0 Å². The second-order valence-electron chi connectivity index (χ2n) is 5.98. The maximum Gasteiger partial charge on any atom is 0.257 e. The fourth-order valence-electron chi connectivity index (χ4n) is 2.86. The highest BCUT2D eigenvalue weighted by atomic mass is 32.2. The Morgan fingerprint density at radius 1 is 1.38 bits per heavy atom. The zero-order chi connectivity index (χ0) is 17.3. The second kappa shape index (κ2) is 6.37. The van der Waals surface area contributed by atoms with Gasteiger partial charge in [0.15, 0.2) is 9.84 Å². The molecule has 1 aliphatic rings. The lowest BCUT2D eigenvalue weighted by Crippen LogP contribution is -2.38. The van der Waals surface area contributed by atoms with Crippen molar-refractivity contribution in [2.45, 2.75) is 17.4 Å². The topological polar surface area (TPSA) is 84.3 Å². The molecule has 1 atom stereocenters. The van der Waals surface area contributed by atoms with Gasteiger partial charge in [-0.3, -0.25) is 4.79 Å². The van der Waals surface area contributed by atoms with E-state index in [2.05, 4.69) is 10.4 Å². The predicted molar refractivity (Wildman–Crippen MR) is 90.0 cm³/mol. The molecule has 8 heteroatoms. The van der Waals surface area contributed by atoms with E-state index < -0.39 is 9.84 Å². The Morgan fingerprint density at radius 3 is 2.79 bits per heavy atom. The van der Waals surface area contributed by atoms with Crippen LogP contribution in [-0.4, -0.2) is 61.4 Å². The number of hydrogen-bond donors (Lipinski definition) is 1. The summed E-state index contributed by atoms with van der Waals surface area (Å²) in [7, 11) is -1.61. The van der Waals surface area contributed by atoms with E-state index in [1.54, 1.807) is 36.3 Å². The molecule has 2 heterocycles. The van der Waals surface area contributed by atoms with Crippen molar-refractivity contribution < 1.29 is 13.2 Å². The van der Waals surface area contributed by atoms with Crippen LogP contribution in [0.4, 0.5) is 0 Å². The fourth-order valence-corrected chi connectivity index (χ4v) is 3.73. The monoisotopic (exact) mass is 348 g/mol. The molecule has 0 unspecified atom stereocenters. The van der Waals surface area contributed by atoms with E-state index in [-0.39, 0.29) is 16.8 Å². The molecule has 0 radical (unpaired) electrons. The average Bonchev–Trinajstić information content (AvgIpc) is 3.24. The van der Waals surface area contributed by atoms with Crippen molar-refractivity contribution in [1.29, 1.82) is 0 Å². The summed E-state index contributed by atoms with van der Waals surface area (Å²) in [5, 5.41) is 7.41. The van der Waals surface area contributed by atoms with E-state index in [1.807, 2.05) is 0 Å². The molecule has 2 aromatic rings. The van der Waals surface area contributed by atoms with E-state index in [9.17, 15) is 13.2 Å². The zero-order valence-corrected chi connectivity index (χ0v) is 14.5. The van der Waals surface area contributed by atoms with Gasteiger partial charge in [-0.25, -0.2) is 13.1 Å². The summed E-state index contributed by atoms with van der Waals surface area (Å²) in [6, 6.07) is 6.77. The van der Waals surface area contributed by atoms with Gasteiger partial charge in [-0.15, -0.1) is 0 Å². The third-order valence-corrected chi connectivity index (χ3v) is 5.39. The van der Waals surface area contributed by atoms with Gasteiger partial charge in [0.2, 0.25) is 0 Å². The van der Waals surface area contributed by atoms with Crippen LogP contribution >= 0.6 is 0 Å². The van der Waals surface area contributed by atoms with Crippen molar-refractivity contribution in [2.75, 3.05) is 26.4 Å². The highest BCUT2D eigenvalue weighted by Gasteiger charge is 2.25. The molecule has 1 aliphatic heterocycles. The number of hydrogen-bond acceptors (Lipinski definition) is 5. The van der Waals surface area contributed by atoms with Crippen molar-refractivity contribution in [2.24, 2.45) is 0 Å². The van der Waals surface area contributed by atoms with Crippen LogP contribution in [0, 0.1) is 0 Å². The van der Waals surface area contributed by atoms with Gasteiger partial charge in [-0.1, -0.05) is 12.1 Å². The fraction of sp³-hybridized carbons (Fsp3) is 0.375. The second-order valence-corrected chi connectivity index (χ2v) is 7.96. The Hall–Kier alpha value is -2.19. The maximum atomic E-state index is 12.6. The SMILES string of the molecule is CN(C(=O)c1cnn(-c2ccccc2S(C)(=O)=O)c1)[C@H]1CCNC1. The normalized spacial score (nSPS) is 17.8. The lowest BCUT2D eigenvalue weighted by Gasteiger charge is -2.23. The largest absolute Gasteiger partial charge is 0.337 e. The third kappa shape index (κ3) is 3.20. The molecule has 1 saturated heterocycles. The first-order chi connectivity index (χ1) is 11.4. The van der Waals surface area contributed by atoms with Crippen molar-refractivity contribution >= 4 is 15.7 Å². The molecule has 1 fully saturated rings. The van der Waals surface area contributed by atoms with Crippen molar-refractivity contribution in [3.63, 3.8) is 0 Å². The quantitative estimate of drug-likeness (QED) is 0.880. The molecule has 1 aromatic heterocycles. The first-order valence-electron chi connectivity index (χ1n) is 7.70. The molecule has 0 spiro atoms.